The third kappa shape index (κ3) is 3.52. The zero-order valence-electron chi connectivity index (χ0n) is 20.9. The highest BCUT2D eigenvalue weighted by Gasteiger charge is 2.40. The van der Waals surface area contributed by atoms with Crippen LogP contribution in [0, 0.1) is 0 Å². The number of para-hydroxylation sites is 1. The van der Waals surface area contributed by atoms with Crippen molar-refractivity contribution in [2.24, 2.45) is 0 Å². The van der Waals surface area contributed by atoms with Gasteiger partial charge in [0.2, 0.25) is 11.5 Å². The molecule has 0 N–H and O–H groups in total. The van der Waals surface area contributed by atoms with Crippen molar-refractivity contribution in [2.75, 3.05) is 19.0 Å². The lowest BCUT2D eigenvalue weighted by Crippen LogP contribution is -2.43. The molecule has 6 heteroatoms. The number of nitrogens with zero attached hydrogens (tertiary/aromatic N) is 3. The van der Waals surface area contributed by atoms with Gasteiger partial charge in [0.15, 0.2) is 18.1 Å². The second kappa shape index (κ2) is 8.75. The van der Waals surface area contributed by atoms with Crippen LogP contribution in [0.2, 0.25) is 0 Å². The molecule has 0 atom stereocenters. The molecule has 0 saturated carbocycles. The van der Waals surface area contributed by atoms with E-state index in [9.17, 15) is 9.59 Å². The first-order valence-corrected chi connectivity index (χ1v) is 12.3. The van der Waals surface area contributed by atoms with Crippen molar-refractivity contribution >= 4 is 40.5 Å². The molecular formula is C31H26N3O3+. The zero-order chi connectivity index (χ0) is 25.7. The van der Waals surface area contributed by atoms with Crippen LogP contribution in [-0.4, -0.2) is 30.3 Å². The lowest BCUT2D eigenvalue weighted by molar-refractivity contribution is -0.763. The highest BCUT2D eigenvalue weighted by Crippen LogP contribution is 2.37. The van der Waals surface area contributed by atoms with Gasteiger partial charge in [-0.15, -0.1) is 0 Å². The first kappa shape index (κ1) is 22.7. The maximum Gasteiger partial charge on any atom is 0.273 e. The smallest absolute Gasteiger partial charge is 0.273 e. The molecule has 0 fully saturated rings. The number of hydrogen-bond acceptors (Lipinski definition) is 4. The minimum Gasteiger partial charge on any atom is -0.430 e. The van der Waals surface area contributed by atoms with Crippen molar-refractivity contribution < 1.29 is 18.7 Å². The summed E-state index contributed by atoms with van der Waals surface area (Å²) in [5.74, 6) is -0.354. The molecule has 0 unspecified atom stereocenters. The molecule has 6 nitrogen and oxygen atoms in total. The van der Waals surface area contributed by atoms with Gasteiger partial charge in [-0.05, 0) is 42.8 Å². The lowest BCUT2D eigenvalue weighted by Gasteiger charge is -2.12. The number of fused-ring (bicyclic) bond motifs is 4. The molecule has 182 valence electrons. The van der Waals surface area contributed by atoms with Crippen LogP contribution in [0.3, 0.4) is 0 Å². The Balaban J connectivity index is 1.61. The van der Waals surface area contributed by atoms with Crippen LogP contribution >= 0.6 is 0 Å². The minimum atomic E-state index is -0.265. The number of anilines is 1. The second-order valence-electron chi connectivity index (χ2n) is 9.26. The zero-order valence-corrected chi connectivity index (χ0v) is 20.9. The van der Waals surface area contributed by atoms with Crippen LogP contribution in [-0.2, 0) is 6.54 Å². The van der Waals surface area contributed by atoms with Gasteiger partial charge in [-0.2, -0.15) is 0 Å². The van der Waals surface area contributed by atoms with E-state index < -0.39 is 0 Å². The summed E-state index contributed by atoms with van der Waals surface area (Å²) in [6, 6.07) is 25.0. The molecule has 1 aliphatic rings. The highest BCUT2D eigenvalue weighted by atomic mass is 16.4. The molecule has 0 spiro atoms. The Hall–Kier alpha value is -4.71. The molecular weight excluding hydrogens is 462 g/mol. The average molecular weight is 489 g/mol. The molecule has 5 aromatic rings. The lowest BCUT2D eigenvalue weighted by atomic mass is 9.87. The standard InChI is InChI=1S/C31H26N3O3/c1-4-33-25(19-16-20-14-17-21(18-15-20)32(2)3)26-27-28(35)23-12-8-9-13-24(23)29(36)30(27)37-31(26)34(33)22-10-6-5-7-11-22/h5-19H,4H2,1-3H3/q+1. The van der Waals surface area contributed by atoms with Crippen LogP contribution in [0.25, 0.3) is 28.9 Å². The largest absolute Gasteiger partial charge is 0.430 e. The number of carbonyl (C=O) groups is 2. The van der Waals surface area contributed by atoms with E-state index in [2.05, 4.69) is 40.8 Å². The number of hydrogen-bond donors (Lipinski definition) is 0. The number of ketones is 2. The van der Waals surface area contributed by atoms with Gasteiger partial charge in [-0.1, -0.05) is 64.0 Å². The summed E-state index contributed by atoms with van der Waals surface area (Å²) in [6.07, 6.45) is 4.03. The molecule has 0 radical (unpaired) electrons. The summed E-state index contributed by atoms with van der Waals surface area (Å²) in [5, 5.41) is 0.648. The number of benzene rings is 3. The Kier molecular flexibility index (Phi) is 5.37. The van der Waals surface area contributed by atoms with Crippen molar-refractivity contribution in [3.63, 3.8) is 0 Å². The summed E-state index contributed by atoms with van der Waals surface area (Å²) >= 11 is 0. The third-order valence-corrected chi connectivity index (χ3v) is 6.85. The third-order valence-electron chi connectivity index (χ3n) is 6.85. The van der Waals surface area contributed by atoms with E-state index in [-0.39, 0.29) is 17.3 Å². The molecule has 1 aliphatic carbocycles. The summed E-state index contributed by atoms with van der Waals surface area (Å²) in [4.78, 5) is 29.2. The summed E-state index contributed by atoms with van der Waals surface area (Å²) in [5.41, 5.74) is 5.44. The van der Waals surface area contributed by atoms with E-state index in [1.165, 1.54) is 0 Å². The highest BCUT2D eigenvalue weighted by molar-refractivity contribution is 6.31. The fourth-order valence-electron chi connectivity index (χ4n) is 5.03. The van der Waals surface area contributed by atoms with Crippen molar-refractivity contribution in [1.82, 2.24) is 4.68 Å². The van der Waals surface area contributed by atoms with E-state index in [4.69, 9.17) is 4.42 Å². The molecule has 37 heavy (non-hydrogen) atoms. The quantitative estimate of drug-likeness (QED) is 0.299. The van der Waals surface area contributed by atoms with Crippen LogP contribution in [0.1, 0.15) is 50.2 Å². The van der Waals surface area contributed by atoms with E-state index >= 15 is 0 Å². The summed E-state index contributed by atoms with van der Waals surface area (Å²) in [6.45, 7) is 2.68. The first-order valence-electron chi connectivity index (χ1n) is 12.3. The Morgan fingerprint density at radius 3 is 2.14 bits per heavy atom. The Bertz CT molecular complexity index is 1700. The number of aromatic nitrogens is 2. The van der Waals surface area contributed by atoms with Gasteiger partial charge in [0.05, 0.1) is 5.56 Å². The maximum atomic E-state index is 13.7. The van der Waals surface area contributed by atoms with Crippen molar-refractivity contribution in [1.29, 1.82) is 0 Å². The van der Waals surface area contributed by atoms with Crippen LogP contribution in [0.15, 0.2) is 83.3 Å². The van der Waals surface area contributed by atoms with Crippen LogP contribution in [0.4, 0.5) is 5.69 Å². The van der Waals surface area contributed by atoms with Crippen molar-refractivity contribution in [3.8, 4) is 5.69 Å². The maximum absolute atomic E-state index is 13.7. The number of rotatable bonds is 5. The summed E-state index contributed by atoms with van der Waals surface area (Å²) in [7, 11) is 4.02. The van der Waals surface area contributed by atoms with E-state index in [1.807, 2.05) is 61.3 Å². The van der Waals surface area contributed by atoms with Gasteiger partial charge in [-0.25, -0.2) is 0 Å². The molecule has 0 bridgehead atoms. The molecule has 3 aromatic carbocycles. The summed E-state index contributed by atoms with van der Waals surface area (Å²) < 4.78 is 10.3. The van der Waals surface area contributed by atoms with Gasteiger partial charge in [0, 0.05) is 37.0 Å². The van der Waals surface area contributed by atoms with Gasteiger partial charge in [-0.3, -0.25) is 9.59 Å². The van der Waals surface area contributed by atoms with E-state index in [1.54, 1.807) is 24.3 Å². The Labute approximate surface area is 214 Å². The van der Waals surface area contributed by atoms with Crippen LogP contribution in [0.5, 0.6) is 0 Å². The van der Waals surface area contributed by atoms with Gasteiger partial charge in [0.1, 0.15) is 11.1 Å². The molecule has 0 saturated heterocycles. The molecule has 6 rings (SSSR count). The van der Waals surface area contributed by atoms with Gasteiger partial charge >= 0.3 is 0 Å². The Morgan fingerprint density at radius 1 is 0.838 bits per heavy atom. The van der Waals surface area contributed by atoms with Crippen molar-refractivity contribution in [2.45, 2.75) is 13.5 Å². The van der Waals surface area contributed by atoms with E-state index in [0.29, 0.717) is 34.3 Å². The number of carbonyl (C=O) groups excluding carboxylic acids is 2. The monoisotopic (exact) mass is 488 g/mol. The Morgan fingerprint density at radius 2 is 1.49 bits per heavy atom. The first-order chi connectivity index (χ1) is 18.0. The average Bonchev–Trinajstić information content (AvgIpc) is 3.46. The second-order valence-corrected chi connectivity index (χ2v) is 9.26. The fourth-order valence-corrected chi connectivity index (χ4v) is 5.03. The molecule has 0 aliphatic heterocycles. The molecule has 2 heterocycles. The fraction of sp³-hybridized carbons (Fsp3) is 0.129. The molecule has 2 aromatic heterocycles. The van der Waals surface area contributed by atoms with Gasteiger partial charge < -0.3 is 9.32 Å². The predicted molar refractivity (Wildman–Crippen MR) is 144 cm³/mol. The molecule has 0 amide bonds. The van der Waals surface area contributed by atoms with Gasteiger partial charge in [0.25, 0.3) is 5.71 Å². The normalized spacial score (nSPS) is 12.8. The topological polar surface area (TPSA) is 59.3 Å². The predicted octanol–water partition coefficient (Wildman–Crippen LogP) is 5.54. The SMILES string of the molecule is CC[n+]1c(/C=C/c2ccc(N(C)C)cc2)c2c3c(oc2n1-c1ccccc1)C(=O)c1ccccc1C3=O. The minimum absolute atomic E-state index is 0.103. The number of furan rings is 1. The van der Waals surface area contributed by atoms with E-state index in [0.717, 1.165) is 22.6 Å². The van der Waals surface area contributed by atoms with Crippen molar-refractivity contribution in [3.05, 3.63) is 113 Å². The van der Waals surface area contributed by atoms with Crippen LogP contribution < -0.4 is 9.58 Å².